The van der Waals surface area contributed by atoms with Gasteiger partial charge in [-0.15, -0.1) is 0 Å². The number of hydrogen-bond acceptors (Lipinski definition) is 2. The maximum Gasteiger partial charge on any atom is 0.0684 e. The van der Waals surface area contributed by atoms with E-state index in [9.17, 15) is 5.11 Å². The number of aliphatic hydroxyl groups is 1. The topological polar surface area (TPSA) is 44.0 Å². The Morgan fingerprint density at radius 1 is 1.44 bits per heavy atom. The van der Waals surface area contributed by atoms with Crippen molar-refractivity contribution in [2.45, 2.75) is 32.8 Å². The van der Waals surface area contributed by atoms with Gasteiger partial charge in [-0.1, -0.05) is 35.8 Å². The molecule has 0 saturated carbocycles. The summed E-state index contributed by atoms with van der Waals surface area (Å²) in [4.78, 5) is 0. The molecule has 0 heterocycles. The van der Waals surface area contributed by atoms with Crippen LogP contribution in [0.5, 0.6) is 0 Å². The minimum absolute atomic E-state index is 0.0251. The third-order valence-corrected chi connectivity index (χ3v) is 3.29. The second-order valence-corrected chi connectivity index (χ2v) is 5.13. The number of rotatable bonds is 4. The fourth-order valence-electron chi connectivity index (χ4n) is 1.86. The molecule has 1 rings (SSSR count). The minimum atomic E-state index is 0.0251. The number of halogens is 1. The minimum Gasteiger partial charge on any atom is -0.392 e. The quantitative estimate of drug-likeness (QED) is 0.917. The van der Waals surface area contributed by atoms with Gasteiger partial charge in [0.15, 0.2) is 0 Å². The van der Waals surface area contributed by atoms with Crippen LogP contribution in [0.2, 0.25) is 0 Å². The first-order valence-electron chi connectivity index (χ1n) is 5.36. The van der Waals surface area contributed by atoms with Gasteiger partial charge in [-0.05, 0) is 35.1 Å². The highest BCUT2D eigenvalue weighted by Crippen LogP contribution is 2.32. The van der Waals surface area contributed by atoms with Crippen molar-refractivity contribution >= 4 is 15.9 Å². The van der Waals surface area contributed by atoms with Crippen molar-refractivity contribution in [1.29, 1.82) is 5.26 Å². The summed E-state index contributed by atoms with van der Waals surface area (Å²) < 4.78 is 0.989. The Hall–Kier alpha value is -0.850. The van der Waals surface area contributed by atoms with Crippen molar-refractivity contribution < 1.29 is 5.11 Å². The third-order valence-electron chi connectivity index (χ3n) is 2.79. The first-order chi connectivity index (χ1) is 7.60. The van der Waals surface area contributed by atoms with Gasteiger partial charge < -0.3 is 5.11 Å². The molecule has 1 N–H and O–H groups in total. The standard InChI is InChI=1S/C13H16BrNO/c1-9(2)12(5-6-15)13-7-11(14)4-3-10(13)8-16/h3-4,7,9,12,16H,5,8H2,1-2H3. The second kappa shape index (κ2) is 6.03. The van der Waals surface area contributed by atoms with E-state index in [-0.39, 0.29) is 12.5 Å². The molecule has 2 nitrogen and oxygen atoms in total. The van der Waals surface area contributed by atoms with Crippen LogP contribution in [0.15, 0.2) is 22.7 Å². The zero-order valence-electron chi connectivity index (χ0n) is 9.57. The summed E-state index contributed by atoms with van der Waals surface area (Å²) >= 11 is 3.43. The van der Waals surface area contributed by atoms with Crippen LogP contribution in [0.25, 0.3) is 0 Å². The van der Waals surface area contributed by atoms with Gasteiger partial charge in [0, 0.05) is 10.9 Å². The van der Waals surface area contributed by atoms with E-state index < -0.39 is 0 Å². The van der Waals surface area contributed by atoms with Crippen LogP contribution in [0.4, 0.5) is 0 Å². The van der Waals surface area contributed by atoms with E-state index in [1.165, 1.54) is 0 Å². The predicted octanol–water partition coefficient (Wildman–Crippen LogP) is 3.59. The predicted molar refractivity (Wildman–Crippen MR) is 67.9 cm³/mol. The van der Waals surface area contributed by atoms with Gasteiger partial charge in [0.1, 0.15) is 0 Å². The molecule has 86 valence electrons. The van der Waals surface area contributed by atoms with Gasteiger partial charge in [0.05, 0.1) is 12.7 Å². The van der Waals surface area contributed by atoms with Crippen LogP contribution in [-0.2, 0) is 6.61 Å². The second-order valence-electron chi connectivity index (χ2n) is 4.21. The molecular formula is C13H16BrNO. The van der Waals surface area contributed by atoms with Gasteiger partial charge >= 0.3 is 0 Å². The molecule has 0 radical (unpaired) electrons. The van der Waals surface area contributed by atoms with E-state index in [2.05, 4.69) is 35.8 Å². The van der Waals surface area contributed by atoms with E-state index in [0.29, 0.717) is 12.3 Å². The number of nitriles is 1. The van der Waals surface area contributed by atoms with Crippen molar-refractivity contribution in [2.75, 3.05) is 0 Å². The molecule has 0 aromatic heterocycles. The Kier molecular flexibility index (Phi) is 4.98. The van der Waals surface area contributed by atoms with Crippen LogP contribution in [0.1, 0.15) is 37.3 Å². The van der Waals surface area contributed by atoms with Gasteiger partial charge in [0.2, 0.25) is 0 Å². The lowest BCUT2D eigenvalue weighted by Crippen LogP contribution is -2.09. The first kappa shape index (κ1) is 13.2. The molecule has 0 bridgehead atoms. The largest absolute Gasteiger partial charge is 0.392 e. The highest BCUT2D eigenvalue weighted by molar-refractivity contribution is 9.10. The van der Waals surface area contributed by atoms with Crippen LogP contribution in [-0.4, -0.2) is 5.11 Å². The van der Waals surface area contributed by atoms with Crippen molar-refractivity contribution in [1.82, 2.24) is 0 Å². The van der Waals surface area contributed by atoms with Crippen LogP contribution >= 0.6 is 15.9 Å². The average Bonchev–Trinajstić information content (AvgIpc) is 2.25. The average molecular weight is 282 g/mol. The zero-order chi connectivity index (χ0) is 12.1. The first-order valence-corrected chi connectivity index (χ1v) is 6.15. The molecule has 0 amide bonds. The fraction of sp³-hybridized carbons (Fsp3) is 0.462. The molecule has 1 aromatic carbocycles. The summed E-state index contributed by atoms with van der Waals surface area (Å²) in [6.45, 7) is 4.23. The number of hydrogen-bond donors (Lipinski definition) is 1. The van der Waals surface area contributed by atoms with E-state index in [4.69, 9.17) is 5.26 Å². The summed E-state index contributed by atoms with van der Waals surface area (Å²) in [5.74, 6) is 0.573. The summed E-state index contributed by atoms with van der Waals surface area (Å²) in [7, 11) is 0. The van der Waals surface area contributed by atoms with Gasteiger partial charge in [-0.2, -0.15) is 5.26 Å². The lowest BCUT2D eigenvalue weighted by atomic mass is 9.84. The van der Waals surface area contributed by atoms with Crippen molar-refractivity contribution in [3.8, 4) is 6.07 Å². The molecule has 0 aliphatic carbocycles. The highest BCUT2D eigenvalue weighted by atomic mass is 79.9. The zero-order valence-corrected chi connectivity index (χ0v) is 11.2. The van der Waals surface area contributed by atoms with Gasteiger partial charge in [-0.3, -0.25) is 0 Å². The number of aliphatic hydroxyl groups excluding tert-OH is 1. The van der Waals surface area contributed by atoms with E-state index >= 15 is 0 Å². The molecule has 16 heavy (non-hydrogen) atoms. The molecule has 1 aromatic rings. The highest BCUT2D eigenvalue weighted by Gasteiger charge is 2.18. The van der Waals surface area contributed by atoms with Crippen LogP contribution in [0.3, 0.4) is 0 Å². The Balaban J connectivity index is 3.16. The van der Waals surface area contributed by atoms with E-state index in [1.807, 2.05) is 18.2 Å². The number of nitrogens with zero attached hydrogens (tertiary/aromatic N) is 1. The molecule has 0 spiro atoms. The third kappa shape index (κ3) is 3.07. The van der Waals surface area contributed by atoms with Crippen LogP contribution in [0, 0.1) is 17.2 Å². The van der Waals surface area contributed by atoms with Gasteiger partial charge in [-0.25, -0.2) is 0 Å². The summed E-state index contributed by atoms with van der Waals surface area (Å²) in [6, 6.07) is 8.05. The molecule has 0 fully saturated rings. The van der Waals surface area contributed by atoms with E-state index in [1.54, 1.807) is 0 Å². The lowest BCUT2D eigenvalue weighted by molar-refractivity contribution is 0.279. The van der Waals surface area contributed by atoms with Gasteiger partial charge in [0.25, 0.3) is 0 Å². The Bertz CT molecular complexity index is 395. The lowest BCUT2D eigenvalue weighted by Gasteiger charge is -2.21. The maximum absolute atomic E-state index is 9.31. The molecule has 0 saturated heterocycles. The summed E-state index contributed by atoms with van der Waals surface area (Å²) in [5.41, 5.74) is 1.99. The van der Waals surface area contributed by atoms with Crippen molar-refractivity contribution in [3.05, 3.63) is 33.8 Å². The monoisotopic (exact) mass is 281 g/mol. The Morgan fingerprint density at radius 2 is 2.12 bits per heavy atom. The maximum atomic E-state index is 9.31. The fourth-order valence-corrected chi connectivity index (χ4v) is 2.24. The molecule has 1 atom stereocenters. The SMILES string of the molecule is CC(C)C(CC#N)c1cc(Br)ccc1CO. The van der Waals surface area contributed by atoms with E-state index in [0.717, 1.165) is 15.6 Å². The summed E-state index contributed by atoms with van der Waals surface area (Å²) in [6.07, 6.45) is 0.487. The van der Waals surface area contributed by atoms with Crippen LogP contribution < -0.4 is 0 Å². The molecule has 1 unspecified atom stereocenters. The number of benzene rings is 1. The normalized spacial score (nSPS) is 12.5. The molecular weight excluding hydrogens is 266 g/mol. The smallest absolute Gasteiger partial charge is 0.0684 e. The Morgan fingerprint density at radius 3 is 2.62 bits per heavy atom. The molecule has 0 aliphatic rings. The molecule has 0 aliphatic heterocycles. The van der Waals surface area contributed by atoms with Crippen molar-refractivity contribution in [2.24, 2.45) is 5.92 Å². The van der Waals surface area contributed by atoms with Crippen molar-refractivity contribution in [3.63, 3.8) is 0 Å². The summed E-state index contributed by atoms with van der Waals surface area (Å²) in [5, 5.41) is 18.2. The Labute approximate surface area is 105 Å². The molecule has 3 heteroatoms.